The fourth-order valence-corrected chi connectivity index (χ4v) is 3.02. The van der Waals surface area contributed by atoms with E-state index in [4.69, 9.17) is 4.74 Å². The summed E-state index contributed by atoms with van der Waals surface area (Å²) in [6, 6.07) is 3.42. The van der Waals surface area contributed by atoms with E-state index in [2.05, 4.69) is 0 Å². The molecule has 0 spiro atoms. The predicted octanol–water partition coefficient (Wildman–Crippen LogP) is 3.68. The van der Waals surface area contributed by atoms with E-state index >= 15 is 0 Å². The highest BCUT2D eigenvalue weighted by Crippen LogP contribution is 2.38. The molecule has 106 valence electrons. The average Bonchev–Trinajstić information content (AvgIpc) is 2.24. The number of rotatable bonds is 5. The molecule has 0 bridgehead atoms. The van der Waals surface area contributed by atoms with E-state index in [0.717, 1.165) is 30.6 Å². The van der Waals surface area contributed by atoms with Crippen molar-refractivity contribution in [3.05, 3.63) is 34.6 Å². The van der Waals surface area contributed by atoms with Crippen LogP contribution in [0, 0.1) is 25.6 Å². The molecular formula is C16H23FO2. The second kappa shape index (κ2) is 6.02. The topological polar surface area (TPSA) is 29.5 Å². The van der Waals surface area contributed by atoms with Gasteiger partial charge in [0.2, 0.25) is 0 Å². The Hall–Kier alpha value is -0.930. The molecule has 1 unspecified atom stereocenters. The van der Waals surface area contributed by atoms with Crippen molar-refractivity contribution in [2.75, 3.05) is 6.61 Å². The van der Waals surface area contributed by atoms with Crippen molar-refractivity contribution >= 4 is 0 Å². The van der Waals surface area contributed by atoms with E-state index in [0.29, 0.717) is 24.0 Å². The summed E-state index contributed by atoms with van der Waals surface area (Å²) in [5.74, 6) is 0.164. The van der Waals surface area contributed by atoms with Gasteiger partial charge in [-0.1, -0.05) is 6.07 Å². The zero-order chi connectivity index (χ0) is 14.0. The maximum absolute atomic E-state index is 13.9. The van der Waals surface area contributed by atoms with Crippen molar-refractivity contribution in [2.24, 2.45) is 5.92 Å². The van der Waals surface area contributed by atoms with Gasteiger partial charge in [-0.3, -0.25) is 0 Å². The molecular weight excluding hydrogens is 243 g/mol. The van der Waals surface area contributed by atoms with Crippen LogP contribution in [0.3, 0.4) is 0 Å². The van der Waals surface area contributed by atoms with Crippen LogP contribution in [0.4, 0.5) is 4.39 Å². The summed E-state index contributed by atoms with van der Waals surface area (Å²) < 4.78 is 19.4. The Morgan fingerprint density at radius 2 is 2.05 bits per heavy atom. The van der Waals surface area contributed by atoms with Crippen LogP contribution < -0.4 is 0 Å². The number of halogens is 1. The number of ether oxygens (including phenoxy) is 1. The molecule has 0 radical (unpaired) electrons. The Bertz CT molecular complexity index is 415. The van der Waals surface area contributed by atoms with E-state index in [1.54, 1.807) is 0 Å². The first-order chi connectivity index (χ1) is 9.01. The smallest absolute Gasteiger partial charge is 0.129 e. The molecule has 1 aliphatic rings. The number of benzene rings is 1. The molecule has 1 aliphatic carbocycles. The van der Waals surface area contributed by atoms with Gasteiger partial charge in [0, 0.05) is 12.2 Å². The lowest BCUT2D eigenvalue weighted by atomic mass is 9.77. The van der Waals surface area contributed by atoms with Gasteiger partial charge >= 0.3 is 0 Å². The van der Waals surface area contributed by atoms with Crippen LogP contribution in [-0.4, -0.2) is 17.8 Å². The van der Waals surface area contributed by atoms with Crippen LogP contribution in [0.5, 0.6) is 0 Å². The Morgan fingerprint density at radius 3 is 2.63 bits per heavy atom. The lowest BCUT2D eigenvalue weighted by Gasteiger charge is -2.36. The van der Waals surface area contributed by atoms with Crippen molar-refractivity contribution in [1.82, 2.24) is 0 Å². The van der Waals surface area contributed by atoms with Crippen LogP contribution >= 0.6 is 0 Å². The van der Waals surface area contributed by atoms with Crippen LogP contribution in [0.2, 0.25) is 0 Å². The third kappa shape index (κ3) is 3.34. The van der Waals surface area contributed by atoms with Crippen LogP contribution in [-0.2, 0) is 4.74 Å². The zero-order valence-corrected chi connectivity index (χ0v) is 11.9. The van der Waals surface area contributed by atoms with Gasteiger partial charge in [0.1, 0.15) is 5.82 Å². The van der Waals surface area contributed by atoms with Crippen LogP contribution in [0.15, 0.2) is 12.1 Å². The van der Waals surface area contributed by atoms with E-state index in [9.17, 15) is 9.50 Å². The summed E-state index contributed by atoms with van der Waals surface area (Å²) in [6.45, 7) is 6.46. The molecule has 2 nitrogen and oxygen atoms in total. The molecule has 1 aromatic rings. The highest BCUT2D eigenvalue weighted by atomic mass is 19.1. The first-order valence-electron chi connectivity index (χ1n) is 7.07. The minimum atomic E-state index is -0.701. The van der Waals surface area contributed by atoms with E-state index in [1.165, 1.54) is 6.07 Å². The highest BCUT2D eigenvalue weighted by Gasteiger charge is 2.32. The van der Waals surface area contributed by atoms with Crippen molar-refractivity contribution in [3.63, 3.8) is 0 Å². The van der Waals surface area contributed by atoms with E-state index in [1.807, 2.05) is 26.8 Å². The molecule has 0 saturated heterocycles. The monoisotopic (exact) mass is 266 g/mol. The molecule has 1 aromatic carbocycles. The summed E-state index contributed by atoms with van der Waals surface area (Å²) in [5, 5.41) is 10.2. The third-order valence-electron chi connectivity index (χ3n) is 3.97. The van der Waals surface area contributed by atoms with Crippen molar-refractivity contribution in [2.45, 2.75) is 52.2 Å². The zero-order valence-electron chi connectivity index (χ0n) is 11.9. The van der Waals surface area contributed by atoms with E-state index in [-0.39, 0.29) is 5.82 Å². The molecule has 0 amide bonds. The molecule has 1 fully saturated rings. The maximum atomic E-state index is 13.9. The summed E-state index contributed by atoms with van der Waals surface area (Å²) in [7, 11) is 0. The standard InChI is InChI=1S/C16H23FO2/c1-4-19-13-7-12(8-13)9-15(18)16-11(3)5-10(2)6-14(16)17/h5-6,12-13,15,18H,4,7-9H2,1-3H3. The van der Waals surface area contributed by atoms with Gasteiger partial charge in [-0.25, -0.2) is 4.39 Å². The Kier molecular flexibility index (Phi) is 4.58. The minimum absolute atomic E-state index is 0.286. The van der Waals surface area contributed by atoms with Gasteiger partial charge in [-0.2, -0.15) is 0 Å². The average molecular weight is 266 g/mol. The quantitative estimate of drug-likeness (QED) is 0.881. The Balaban J connectivity index is 1.96. The van der Waals surface area contributed by atoms with Gasteiger partial charge < -0.3 is 9.84 Å². The second-order valence-electron chi connectivity index (χ2n) is 5.64. The van der Waals surface area contributed by atoms with Gasteiger partial charge in [0.25, 0.3) is 0 Å². The Morgan fingerprint density at radius 1 is 1.37 bits per heavy atom. The van der Waals surface area contributed by atoms with Gasteiger partial charge in [0.05, 0.1) is 12.2 Å². The first kappa shape index (κ1) is 14.5. The lowest BCUT2D eigenvalue weighted by molar-refractivity contribution is -0.0383. The normalized spacial score (nSPS) is 24.1. The highest BCUT2D eigenvalue weighted by molar-refractivity contribution is 5.33. The molecule has 2 rings (SSSR count). The maximum Gasteiger partial charge on any atom is 0.129 e. The van der Waals surface area contributed by atoms with Crippen LogP contribution in [0.1, 0.15) is 49.0 Å². The van der Waals surface area contributed by atoms with Crippen molar-refractivity contribution in [3.8, 4) is 0 Å². The number of aliphatic hydroxyl groups is 1. The molecule has 0 aromatic heterocycles. The number of aryl methyl sites for hydroxylation is 2. The summed E-state index contributed by atoms with van der Waals surface area (Å²) >= 11 is 0. The molecule has 0 aliphatic heterocycles. The first-order valence-corrected chi connectivity index (χ1v) is 7.07. The number of aliphatic hydroxyl groups excluding tert-OH is 1. The van der Waals surface area contributed by atoms with Crippen molar-refractivity contribution < 1.29 is 14.2 Å². The molecule has 1 saturated carbocycles. The largest absolute Gasteiger partial charge is 0.388 e. The summed E-state index contributed by atoms with van der Waals surface area (Å²) in [4.78, 5) is 0. The van der Waals surface area contributed by atoms with Gasteiger partial charge in [-0.05, 0) is 63.1 Å². The molecule has 19 heavy (non-hydrogen) atoms. The fraction of sp³-hybridized carbons (Fsp3) is 0.625. The van der Waals surface area contributed by atoms with Crippen LogP contribution in [0.25, 0.3) is 0 Å². The SMILES string of the molecule is CCOC1CC(CC(O)c2c(C)cc(C)cc2F)C1. The second-order valence-corrected chi connectivity index (χ2v) is 5.64. The lowest BCUT2D eigenvalue weighted by Crippen LogP contribution is -2.32. The molecule has 0 heterocycles. The van der Waals surface area contributed by atoms with Gasteiger partial charge in [-0.15, -0.1) is 0 Å². The predicted molar refractivity (Wildman–Crippen MR) is 73.6 cm³/mol. The van der Waals surface area contributed by atoms with E-state index < -0.39 is 6.10 Å². The summed E-state index contributed by atoms with van der Waals surface area (Å²) in [5.41, 5.74) is 2.20. The molecule has 1 atom stereocenters. The third-order valence-corrected chi connectivity index (χ3v) is 3.97. The summed E-state index contributed by atoms with van der Waals surface area (Å²) in [6.07, 6.45) is 2.23. The minimum Gasteiger partial charge on any atom is -0.388 e. The fourth-order valence-electron chi connectivity index (χ4n) is 3.02. The molecule has 1 N–H and O–H groups in total. The molecule has 3 heteroatoms. The Labute approximate surface area is 114 Å². The van der Waals surface area contributed by atoms with Gasteiger partial charge in [0.15, 0.2) is 0 Å². The number of hydrogen-bond donors (Lipinski definition) is 1. The number of hydrogen-bond acceptors (Lipinski definition) is 2. The van der Waals surface area contributed by atoms with Crippen molar-refractivity contribution in [1.29, 1.82) is 0 Å².